The fraction of sp³-hybridized carbons (Fsp3) is 0.714. The largest absolute Gasteiger partial charge is 0.463 e. The Labute approximate surface area is 109 Å². The maximum Gasteiger partial charge on any atom is 0.118 e. The van der Waals surface area contributed by atoms with E-state index in [1.165, 1.54) is 0 Å². The van der Waals surface area contributed by atoms with Gasteiger partial charge in [-0.1, -0.05) is 13.8 Å². The van der Waals surface area contributed by atoms with Crippen molar-refractivity contribution in [3.8, 4) is 0 Å². The second kappa shape index (κ2) is 6.36. The maximum atomic E-state index is 5.83. The van der Waals surface area contributed by atoms with E-state index < -0.39 is 0 Å². The van der Waals surface area contributed by atoms with Crippen LogP contribution in [0.15, 0.2) is 16.5 Å². The van der Waals surface area contributed by atoms with E-state index in [1.54, 1.807) is 0 Å². The number of furan rings is 1. The van der Waals surface area contributed by atoms with E-state index in [0.29, 0.717) is 12.1 Å². The first-order valence-electron chi connectivity index (χ1n) is 6.78. The van der Waals surface area contributed by atoms with Crippen molar-refractivity contribution in [2.75, 3.05) is 19.7 Å². The number of morpholine rings is 1. The van der Waals surface area contributed by atoms with Gasteiger partial charge in [0.15, 0.2) is 0 Å². The Balaban J connectivity index is 1.82. The number of nitrogens with one attached hydrogen (secondary N) is 1. The Kier molecular flexibility index (Phi) is 4.80. The molecule has 2 rings (SSSR count). The minimum atomic E-state index is 0.329. The Bertz CT molecular complexity index is 362. The molecule has 4 nitrogen and oxygen atoms in total. The number of ether oxygens (including phenoxy) is 1. The van der Waals surface area contributed by atoms with Crippen molar-refractivity contribution in [1.29, 1.82) is 0 Å². The summed E-state index contributed by atoms with van der Waals surface area (Å²) in [5, 5.41) is 3.36. The van der Waals surface area contributed by atoms with Crippen LogP contribution in [-0.2, 0) is 17.8 Å². The van der Waals surface area contributed by atoms with Gasteiger partial charge in [0, 0.05) is 19.1 Å². The zero-order valence-electron chi connectivity index (χ0n) is 11.6. The number of hydrogen-bond acceptors (Lipinski definition) is 4. The summed E-state index contributed by atoms with van der Waals surface area (Å²) in [5.41, 5.74) is 0. The van der Waals surface area contributed by atoms with Crippen LogP contribution in [0.4, 0.5) is 0 Å². The lowest BCUT2D eigenvalue weighted by Gasteiger charge is -2.30. The molecule has 1 N–H and O–H groups in total. The van der Waals surface area contributed by atoms with Crippen LogP contribution in [0.25, 0.3) is 0 Å². The molecule has 1 atom stereocenters. The Morgan fingerprint density at radius 3 is 2.89 bits per heavy atom. The number of rotatable bonds is 5. The van der Waals surface area contributed by atoms with Crippen LogP contribution < -0.4 is 5.32 Å². The summed E-state index contributed by atoms with van der Waals surface area (Å²) >= 11 is 0. The van der Waals surface area contributed by atoms with Crippen molar-refractivity contribution < 1.29 is 9.15 Å². The second-order valence-electron chi connectivity index (χ2n) is 5.32. The van der Waals surface area contributed by atoms with Crippen molar-refractivity contribution in [3.63, 3.8) is 0 Å². The minimum absolute atomic E-state index is 0.329. The van der Waals surface area contributed by atoms with Crippen molar-refractivity contribution in [2.45, 2.75) is 46.0 Å². The Morgan fingerprint density at radius 1 is 1.39 bits per heavy atom. The van der Waals surface area contributed by atoms with E-state index in [1.807, 2.05) is 0 Å². The molecule has 1 saturated heterocycles. The summed E-state index contributed by atoms with van der Waals surface area (Å²) in [7, 11) is 0. The van der Waals surface area contributed by atoms with Crippen LogP contribution in [0.3, 0.4) is 0 Å². The van der Waals surface area contributed by atoms with Crippen LogP contribution in [0.2, 0.25) is 0 Å². The summed E-state index contributed by atoms with van der Waals surface area (Å²) in [6.07, 6.45) is 0.329. The molecule has 0 aliphatic carbocycles. The van der Waals surface area contributed by atoms with Crippen LogP contribution in [0.5, 0.6) is 0 Å². The lowest BCUT2D eigenvalue weighted by atomic mass is 10.3. The predicted molar refractivity (Wildman–Crippen MR) is 71.4 cm³/mol. The summed E-state index contributed by atoms with van der Waals surface area (Å²) in [4.78, 5) is 2.38. The molecule has 0 aromatic carbocycles. The third-order valence-electron chi connectivity index (χ3n) is 3.11. The van der Waals surface area contributed by atoms with E-state index in [9.17, 15) is 0 Å². The lowest BCUT2D eigenvalue weighted by molar-refractivity contribution is -0.0231. The molecule has 0 radical (unpaired) electrons. The molecule has 1 aliphatic heterocycles. The first kappa shape index (κ1) is 13.6. The van der Waals surface area contributed by atoms with Gasteiger partial charge in [-0.3, -0.25) is 4.90 Å². The topological polar surface area (TPSA) is 37.6 Å². The van der Waals surface area contributed by atoms with Crippen LogP contribution in [0.1, 0.15) is 32.3 Å². The quantitative estimate of drug-likeness (QED) is 0.870. The highest BCUT2D eigenvalue weighted by Gasteiger charge is 2.17. The van der Waals surface area contributed by atoms with Gasteiger partial charge in [0.05, 0.1) is 25.8 Å². The van der Waals surface area contributed by atoms with Gasteiger partial charge in [0.1, 0.15) is 11.5 Å². The average Bonchev–Trinajstić information content (AvgIpc) is 2.74. The Morgan fingerprint density at radius 2 is 2.17 bits per heavy atom. The molecular formula is C14H24N2O2. The van der Waals surface area contributed by atoms with Crippen molar-refractivity contribution in [3.05, 3.63) is 23.7 Å². The van der Waals surface area contributed by atoms with Gasteiger partial charge < -0.3 is 14.5 Å². The SMILES string of the molecule is CC(C)NCc1ccc(CN2CCOC(C)C2)o1. The van der Waals surface area contributed by atoms with Crippen LogP contribution in [-0.4, -0.2) is 36.7 Å². The molecule has 1 aromatic rings. The molecule has 2 heterocycles. The van der Waals surface area contributed by atoms with Gasteiger partial charge in [-0.05, 0) is 19.1 Å². The van der Waals surface area contributed by atoms with Crippen molar-refractivity contribution in [1.82, 2.24) is 10.2 Å². The monoisotopic (exact) mass is 252 g/mol. The maximum absolute atomic E-state index is 5.83. The fourth-order valence-corrected chi connectivity index (χ4v) is 2.16. The molecule has 18 heavy (non-hydrogen) atoms. The van der Waals surface area contributed by atoms with Crippen molar-refractivity contribution in [2.24, 2.45) is 0 Å². The van der Waals surface area contributed by atoms with Gasteiger partial charge in [-0.15, -0.1) is 0 Å². The van der Waals surface area contributed by atoms with Gasteiger partial charge >= 0.3 is 0 Å². The van der Waals surface area contributed by atoms with Gasteiger partial charge in [0.25, 0.3) is 0 Å². The number of hydrogen-bond donors (Lipinski definition) is 1. The lowest BCUT2D eigenvalue weighted by Crippen LogP contribution is -2.40. The van der Waals surface area contributed by atoms with E-state index in [-0.39, 0.29) is 0 Å². The molecule has 4 heteroatoms. The standard InChI is InChI=1S/C14H24N2O2/c1-11(2)15-8-13-4-5-14(18-13)10-16-6-7-17-12(3)9-16/h4-5,11-12,15H,6-10H2,1-3H3. The van der Waals surface area contributed by atoms with Gasteiger partial charge in [-0.25, -0.2) is 0 Å². The van der Waals surface area contributed by atoms with Crippen LogP contribution >= 0.6 is 0 Å². The van der Waals surface area contributed by atoms with E-state index in [4.69, 9.17) is 9.15 Å². The molecule has 1 aliphatic rings. The first-order chi connectivity index (χ1) is 8.63. The summed E-state index contributed by atoms with van der Waals surface area (Å²) in [6.45, 7) is 10.9. The predicted octanol–water partition coefficient (Wildman–Crippen LogP) is 2.00. The third-order valence-corrected chi connectivity index (χ3v) is 3.11. The zero-order valence-corrected chi connectivity index (χ0v) is 11.6. The second-order valence-corrected chi connectivity index (χ2v) is 5.32. The summed E-state index contributed by atoms with van der Waals surface area (Å²) < 4.78 is 11.4. The highest BCUT2D eigenvalue weighted by Crippen LogP contribution is 2.13. The van der Waals surface area contributed by atoms with Gasteiger partial charge in [0.2, 0.25) is 0 Å². The normalized spacial score (nSPS) is 21.7. The first-order valence-corrected chi connectivity index (χ1v) is 6.78. The molecule has 0 amide bonds. The van der Waals surface area contributed by atoms with E-state index >= 15 is 0 Å². The molecule has 0 saturated carbocycles. The molecule has 0 spiro atoms. The average molecular weight is 252 g/mol. The smallest absolute Gasteiger partial charge is 0.118 e. The summed E-state index contributed by atoms with van der Waals surface area (Å²) in [5.74, 6) is 2.06. The third kappa shape index (κ3) is 4.12. The highest BCUT2D eigenvalue weighted by atomic mass is 16.5. The molecule has 0 bridgehead atoms. The molecule has 1 unspecified atom stereocenters. The van der Waals surface area contributed by atoms with E-state index in [2.05, 4.69) is 43.1 Å². The minimum Gasteiger partial charge on any atom is -0.463 e. The van der Waals surface area contributed by atoms with Crippen LogP contribution in [0, 0.1) is 0 Å². The number of nitrogens with zero attached hydrogens (tertiary/aromatic N) is 1. The zero-order chi connectivity index (χ0) is 13.0. The highest BCUT2D eigenvalue weighted by molar-refractivity contribution is 5.07. The molecule has 1 aromatic heterocycles. The molecular weight excluding hydrogens is 228 g/mol. The molecule has 1 fully saturated rings. The summed E-state index contributed by atoms with van der Waals surface area (Å²) in [6, 6.07) is 4.63. The molecule has 102 valence electrons. The van der Waals surface area contributed by atoms with Crippen molar-refractivity contribution >= 4 is 0 Å². The van der Waals surface area contributed by atoms with Gasteiger partial charge in [-0.2, -0.15) is 0 Å². The van der Waals surface area contributed by atoms with E-state index in [0.717, 1.165) is 44.3 Å². The fourth-order valence-electron chi connectivity index (χ4n) is 2.16. The Hall–Kier alpha value is -0.840.